The van der Waals surface area contributed by atoms with Crippen LogP contribution in [0.25, 0.3) is 112 Å². The van der Waals surface area contributed by atoms with Crippen LogP contribution in [-0.4, -0.2) is 29.1 Å². The van der Waals surface area contributed by atoms with E-state index in [-0.39, 0.29) is 0 Å². The van der Waals surface area contributed by atoms with E-state index in [9.17, 15) is 10.5 Å². The monoisotopic (exact) mass is 842 g/mol. The second kappa shape index (κ2) is 15.7. The molecule has 0 atom stereocenters. The van der Waals surface area contributed by atoms with Crippen molar-refractivity contribution in [3.05, 3.63) is 218 Å². The van der Waals surface area contributed by atoms with Crippen molar-refractivity contribution in [2.24, 2.45) is 0 Å². The molecule has 0 N–H and O–H groups in total. The molecule has 0 fully saturated rings. The molecule has 0 radical (unpaired) electrons. The number of rotatable bonds is 7. The van der Waals surface area contributed by atoms with Crippen molar-refractivity contribution in [2.45, 2.75) is 0 Å². The third-order valence-electron chi connectivity index (χ3n) is 12.3. The molecular weight excluding hydrogens is 809 g/mol. The van der Waals surface area contributed by atoms with Gasteiger partial charge in [0, 0.05) is 61.1 Å². The highest BCUT2D eigenvalue weighted by Gasteiger charge is 2.25. The summed E-state index contributed by atoms with van der Waals surface area (Å²) in [6, 6.07) is 72.1. The molecule has 0 aliphatic carbocycles. The highest BCUT2D eigenvalue weighted by Crippen LogP contribution is 2.46. The molecular formula is C58H34N8. The Morgan fingerprint density at radius 2 is 0.879 bits per heavy atom. The number of nitrogens with zero attached hydrogens (tertiary/aromatic N) is 8. The minimum Gasteiger partial charge on any atom is -0.309 e. The predicted octanol–water partition coefficient (Wildman–Crippen LogP) is 13.5. The van der Waals surface area contributed by atoms with Gasteiger partial charge in [0.1, 0.15) is 0 Å². The SMILES string of the molecule is N#Cc1ccc2c(c1)c1ccccc1n2-c1ccc(-c2nc(-c3ccccc3)nc(-c3ccccc3)n2)cc1-c1c(-c2ccccn2)cccc1-n1c2ccccc2c2cc(C#N)ccc21. The van der Waals surface area contributed by atoms with Crippen LogP contribution in [0.2, 0.25) is 0 Å². The summed E-state index contributed by atoms with van der Waals surface area (Å²) in [5.74, 6) is 1.66. The molecule has 4 aromatic heterocycles. The van der Waals surface area contributed by atoms with Crippen LogP contribution in [0.3, 0.4) is 0 Å². The Morgan fingerprint density at radius 3 is 1.44 bits per heavy atom. The van der Waals surface area contributed by atoms with E-state index in [0.29, 0.717) is 28.6 Å². The van der Waals surface area contributed by atoms with Crippen molar-refractivity contribution in [1.82, 2.24) is 29.1 Å². The van der Waals surface area contributed by atoms with E-state index < -0.39 is 0 Å². The van der Waals surface area contributed by atoms with Gasteiger partial charge < -0.3 is 9.13 Å². The smallest absolute Gasteiger partial charge is 0.164 e. The number of benzene rings is 8. The Bertz CT molecular complexity index is 3890. The first-order valence-electron chi connectivity index (χ1n) is 21.6. The van der Waals surface area contributed by atoms with Gasteiger partial charge in [-0.05, 0) is 84.9 Å². The average Bonchev–Trinajstić information content (AvgIpc) is 3.90. The van der Waals surface area contributed by atoms with Crippen LogP contribution in [0.15, 0.2) is 206 Å². The molecule has 66 heavy (non-hydrogen) atoms. The normalized spacial score (nSPS) is 11.3. The molecule has 0 aliphatic heterocycles. The Kier molecular flexibility index (Phi) is 9.08. The summed E-state index contributed by atoms with van der Waals surface area (Å²) >= 11 is 0. The molecule has 0 amide bonds. The zero-order chi connectivity index (χ0) is 44.1. The highest BCUT2D eigenvalue weighted by molar-refractivity contribution is 6.12. The molecule has 12 rings (SSSR count). The largest absolute Gasteiger partial charge is 0.309 e. The Hall–Kier alpha value is -9.50. The number of aromatic nitrogens is 6. The van der Waals surface area contributed by atoms with E-state index in [1.807, 2.05) is 134 Å². The van der Waals surface area contributed by atoms with Crippen LogP contribution < -0.4 is 0 Å². The van der Waals surface area contributed by atoms with Crippen molar-refractivity contribution >= 4 is 43.6 Å². The molecule has 0 spiro atoms. The third kappa shape index (κ3) is 6.29. The summed E-state index contributed by atoms with van der Waals surface area (Å²) in [6.07, 6.45) is 1.83. The van der Waals surface area contributed by atoms with E-state index in [1.54, 1.807) is 0 Å². The molecule has 0 saturated heterocycles. The highest BCUT2D eigenvalue weighted by atomic mass is 15.0. The fraction of sp³-hybridized carbons (Fsp3) is 0. The second-order valence-corrected chi connectivity index (χ2v) is 16.1. The van der Waals surface area contributed by atoms with Gasteiger partial charge in [0.25, 0.3) is 0 Å². The van der Waals surface area contributed by atoms with Gasteiger partial charge in [0.05, 0.1) is 62.4 Å². The minimum absolute atomic E-state index is 0.522. The van der Waals surface area contributed by atoms with Crippen molar-refractivity contribution in [2.75, 3.05) is 0 Å². The second-order valence-electron chi connectivity index (χ2n) is 16.1. The van der Waals surface area contributed by atoms with Gasteiger partial charge in [-0.3, -0.25) is 4.98 Å². The van der Waals surface area contributed by atoms with Crippen molar-refractivity contribution in [3.8, 4) is 80.1 Å². The molecule has 0 aliphatic rings. The van der Waals surface area contributed by atoms with Crippen LogP contribution in [0.1, 0.15) is 11.1 Å². The first-order chi connectivity index (χ1) is 32.6. The lowest BCUT2D eigenvalue weighted by atomic mass is 9.92. The van der Waals surface area contributed by atoms with E-state index in [1.165, 1.54) is 0 Å². The quantitative estimate of drug-likeness (QED) is 0.158. The van der Waals surface area contributed by atoms with E-state index in [0.717, 1.165) is 94.1 Å². The summed E-state index contributed by atoms with van der Waals surface area (Å²) in [6.45, 7) is 0. The number of para-hydroxylation sites is 2. The zero-order valence-corrected chi connectivity index (χ0v) is 35.2. The van der Waals surface area contributed by atoms with Crippen molar-refractivity contribution in [1.29, 1.82) is 10.5 Å². The average molecular weight is 843 g/mol. The molecule has 8 aromatic carbocycles. The number of pyridine rings is 1. The van der Waals surface area contributed by atoms with Crippen LogP contribution >= 0.6 is 0 Å². The van der Waals surface area contributed by atoms with Gasteiger partial charge in [-0.2, -0.15) is 10.5 Å². The first kappa shape index (κ1) is 38.2. The van der Waals surface area contributed by atoms with E-state index in [4.69, 9.17) is 19.9 Å². The fourth-order valence-corrected chi connectivity index (χ4v) is 9.36. The molecule has 306 valence electrons. The third-order valence-corrected chi connectivity index (χ3v) is 12.3. The number of hydrogen-bond acceptors (Lipinski definition) is 6. The number of fused-ring (bicyclic) bond motifs is 6. The summed E-state index contributed by atoms with van der Waals surface area (Å²) in [5, 5.41) is 24.1. The predicted molar refractivity (Wildman–Crippen MR) is 263 cm³/mol. The maximum atomic E-state index is 10.1. The zero-order valence-electron chi connectivity index (χ0n) is 35.2. The molecule has 12 aromatic rings. The molecule has 4 heterocycles. The van der Waals surface area contributed by atoms with Crippen LogP contribution in [0, 0.1) is 22.7 Å². The van der Waals surface area contributed by atoms with Gasteiger partial charge in [0.15, 0.2) is 17.5 Å². The summed E-state index contributed by atoms with van der Waals surface area (Å²) in [5.41, 5.74) is 13.0. The van der Waals surface area contributed by atoms with Crippen molar-refractivity contribution in [3.63, 3.8) is 0 Å². The van der Waals surface area contributed by atoms with Gasteiger partial charge in [0.2, 0.25) is 0 Å². The van der Waals surface area contributed by atoms with E-state index in [2.05, 4.69) is 94.1 Å². The lowest BCUT2D eigenvalue weighted by Crippen LogP contribution is -2.05. The summed E-state index contributed by atoms with van der Waals surface area (Å²) in [4.78, 5) is 20.4. The Morgan fingerprint density at radius 1 is 0.364 bits per heavy atom. The number of nitriles is 2. The van der Waals surface area contributed by atoms with Crippen LogP contribution in [0.5, 0.6) is 0 Å². The van der Waals surface area contributed by atoms with Crippen LogP contribution in [0.4, 0.5) is 0 Å². The maximum Gasteiger partial charge on any atom is 0.164 e. The Labute approximate surface area is 379 Å². The van der Waals surface area contributed by atoms with Gasteiger partial charge in [-0.1, -0.05) is 115 Å². The summed E-state index contributed by atoms with van der Waals surface area (Å²) < 4.78 is 4.60. The topological polar surface area (TPSA) is 109 Å². The lowest BCUT2D eigenvalue weighted by molar-refractivity contribution is 1.07. The molecule has 8 nitrogen and oxygen atoms in total. The summed E-state index contributed by atoms with van der Waals surface area (Å²) in [7, 11) is 0. The standard InChI is InChI=1S/C58H34N8/c59-35-37-25-28-51-45(32-37)42-18-7-9-22-49(42)65(51)53-30-27-41(58-63-56(39-14-3-1-4-15-39)62-57(64-58)40-16-5-2-6-17-40)34-47(53)55-44(48-21-11-12-31-61-48)20-13-24-54(55)66-50-23-10-8-19-43(50)46-33-38(36-60)26-29-52(46)66/h1-34H. The van der Waals surface area contributed by atoms with Crippen molar-refractivity contribution < 1.29 is 0 Å². The van der Waals surface area contributed by atoms with Gasteiger partial charge >= 0.3 is 0 Å². The lowest BCUT2D eigenvalue weighted by Gasteiger charge is -2.22. The first-order valence-corrected chi connectivity index (χ1v) is 21.6. The molecule has 0 saturated carbocycles. The fourth-order valence-electron chi connectivity index (χ4n) is 9.36. The number of hydrogen-bond donors (Lipinski definition) is 0. The molecule has 0 unspecified atom stereocenters. The minimum atomic E-state index is 0.522. The molecule has 8 heteroatoms. The molecule has 0 bridgehead atoms. The van der Waals surface area contributed by atoms with Gasteiger partial charge in [-0.25, -0.2) is 15.0 Å². The Balaban J connectivity index is 1.23. The van der Waals surface area contributed by atoms with Crippen LogP contribution in [-0.2, 0) is 0 Å². The van der Waals surface area contributed by atoms with Gasteiger partial charge in [-0.15, -0.1) is 0 Å². The maximum absolute atomic E-state index is 10.1. The van der Waals surface area contributed by atoms with E-state index >= 15 is 0 Å².